The Morgan fingerprint density at radius 2 is 1.68 bits per heavy atom. The van der Waals surface area contributed by atoms with Crippen molar-refractivity contribution < 1.29 is 24.6 Å². The van der Waals surface area contributed by atoms with Crippen LogP contribution in [0.25, 0.3) is 0 Å². The molecule has 1 amide bonds. The van der Waals surface area contributed by atoms with Crippen molar-refractivity contribution in [1.82, 2.24) is 5.32 Å². The lowest BCUT2D eigenvalue weighted by molar-refractivity contribution is -0.143. The fourth-order valence-electron chi connectivity index (χ4n) is 3.17. The van der Waals surface area contributed by atoms with Crippen LogP contribution >= 0.6 is 0 Å². The Hall–Kier alpha value is -1.59. The quantitative estimate of drug-likeness (QED) is 0.663. The van der Waals surface area contributed by atoms with E-state index in [2.05, 4.69) is 5.32 Å². The summed E-state index contributed by atoms with van der Waals surface area (Å²) in [5, 5.41) is 20.0. The van der Waals surface area contributed by atoms with Crippen molar-refractivity contribution in [2.45, 2.75) is 44.6 Å². The second kappa shape index (κ2) is 5.59. The van der Waals surface area contributed by atoms with Crippen molar-refractivity contribution in [3.8, 4) is 0 Å². The molecule has 0 heterocycles. The zero-order valence-electron chi connectivity index (χ0n) is 10.7. The molecule has 2 aliphatic rings. The fraction of sp³-hybridized carbons (Fsp3) is 0.769. The first kappa shape index (κ1) is 13.8. The Morgan fingerprint density at radius 1 is 1.11 bits per heavy atom. The third-order valence-corrected chi connectivity index (χ3v) is 4.22. The summed E-state index contributed by atoms with van der Waals surface area (Å²) >= 11 is 0. The monoisotopic (exact) mass is 269 g/mol. The van der Waals surface area contributed by atoms with Gasteiger partial charge in [0.1, 0.15) is 6.04 Å². The van der Waals surface area contributed by atoms with E-state index < -0.39 is 18.0 Å². The lowest BCUT2D eigenvalue weighted by Gasteiger charge is -2.13. The van der Waals surface area contributed by atoms with Gasteiger partial charge in [-0.25, -0.2) is 4.79 Å². The van der Waals surface area contributed by atoms with Gasteiger partial charge in [0.05, 0.1) is 0 Å². The van der Waals surface area contributed by atoms with E-state index in [-0.39, 0.29) is 24.7 Å². The molecule has 0 spiro atoms. The van der Waals surface area contributed by atoms with E-state index in [1.54, 1.807) is 0 Å². The van der Waals surface area contributed by atoms with Crippen molar-refractivity contribution in [3.05, 3.63) is 0 Å². The smallest absolute Gasteiger partial charge is 0.326 e. The van der Waals surface area contributed by atoms with Gasteiger partial charge in [0, 0.05) is 12.3 Å². The van der Waals surface area contributed by atoms with E-state index in [9.17, 15) is 14.4 Å². The highest BCUT2D eigenvalue weighted by molar-refractivity contribution is 5.87. The van der Waals surface area contributed by atoms with Crippen molar-refractivity contribution in [3.63, 3.8) is 0 Å². The average Bonchev–Trinajstić information content (AvgIpc) is 3.07. The molecule has 2 unspecified atom stereocenters. The first-order chi connectivity index (χ1) is 9.00. The average molecular weight is 269 g/mol. The summed E-state index contributed by atoms with van der Waals surface area (Å²) in [6.45, 7) is 0. The predicted octanol–water partition coefficient (Wildman–Crippen LogP) is 0.857. The van der Waals surface area contributed by atoms with Crippen LogP contribution in [0.2, 0.25) is 0 Å². The third-order valence-electron chi connectivity index (χ3n) is 4.22. The zero-order valence-corrected chi connectivity index (χ0v) is 10.7. The van der Waals surface area contributed by atoms with Crippen molar-refractivity contribution in [1.29, 1.82) is 0 Å². The van der Waals surface area contributed by atoms with Crippen LogP contribution in [-0.2, 0) is 14.4 Å². The van der Waals surface area contributed by atoms with Gasteiger partial charge in [0.15, 0.2) is 0 Å². The number of carbonyl (C=O) groups excluding carboxylic acids is 1. The second-order valence-electron chi connectivity index (χ2n) is 5.47. The Bertz CT molecular complexity index is 382. The summed E-state index contributed by atoms with van der Waals surface area (Å²) in [5.74, 6) is -1.65. The number of hydrogen-bond acceptors (Lipinski definition) is 3. The molecule has 0 radical (unpaired) electrons. The molecular formula is C13H19NO5. The summed E-state index contributed by atoms with van der Waals surface area (Å²) in [5.41, 5.74) is 0. The number of fused-ring (bicyclic) bond motifs is 1. The fourth-order valence-corrected chi connectivity index (χ4v) is 3.17. The number of carbonyl (C=O) groups is 3. The molecule has 3 atom stereocenters. The van der Waals surface area contributed by atoms with E-state index in [1.807, 2.05) is 0 Å². The van der Waals surface area contributed by atoms with Gasteiger partial charge in [0.2, 0.25) is 5.91 Å². The minimum atomic E-state index is -1.17. The molecule has 6 nitrogen and oxygen atoms in total. The molecule has 2 aliphatic carbocycles. The third kappa shape index (κ3) is 3.24. The molecule has 6 heteroatoms. The van der Waals surface area contributed by atoms with E-state index >= 15 is 0 Å². The van der Waals surface area contributed by atoms with Gasteiger partial charge in [0.25, 0.3) is 0 Å². The molecule has 2 fully saturated rings. The van der Waals surface area contributed by atoms with E-state index in [1.165, 1.54) is 0 Å². The highest BCUT2D eigenvalue weighted by Gasteiger charge is 2.55. The molecule has 0 aromatic carbocycles. The van der Waals surface area contributed by atoms with Gasteiger partial charge in [-0.15, -0.1) is 0 Å². The number of carboxylic acids is 2. The van der Waals surface area contributed by atoms with E-state index in [4.69, 9.17) is 10.2 Å². The minimum absolute atomic E-state index is 0.0471. The van der Waals surface area contributed by atoms with E-state index in [0.29, 0.717) is 11.8 Å². The SMILES string of the molecule is O=C(O)CC[C@H](NC(=O)C1C2CCCCC21)C(=O)O. The number of amides is 1. The predicted molar refractivity (Wildman–Crippen MR) is 65.4 cm³/mol. The molecule has 2 rings (SSSR count). The molecule has 106 valence electrons. The molecular weight excluding hydrogens is 250 g/mol. The lowest BCUT2D eigenvalue weighted by atomic mass is 10.0. The molecule has 0 aromatic rings. The van der Waals surface area contributed by atoms with Crippen LogP contribution in [-0.4, -0.2) is 34.1 Å². The maximum atomic E-state index is 12.0. The molecule has 2 saturated carbocycles. The van der Waals surface area contributed by atoms with Crippen molar-refractivity contribution in [2.75, 3.05) is 0 Å². The van der Waals surface area contributed by atoms with Crippen LogP contribution in [0.5, 0.6) is 0 Å². The summed E-state index contributed by atoms with van der Waals surface area (Å²) in [6, 6.07) is -1.09. The Kier molecular flexibility index (Phi) is 4.07. The number of hydrogen-bond donors (Lipinski definition) is 3. The normalized spacial score (nSPS) is 30.0. The summed E-state index contributed by atoms with van der Waals surface area (Å²) in [7, 11) is 0. The molecule has 3 N–H and O–H groups in total. The second-order valence-corrected chi connectivity index (χ2v) is 5.47. The van der Waals surface area contributed by atoms with Crippen LogP contribution in [0.1, 0.15) is 38.5 Å². The standard InChI is InChI=1S/C13H19NO5/c15-10(16)6-5-9(13(18)19)14-12(17)11-7-3-1-2-4-8(7)11/h7-9,11H,1-6H2,(H,14,17)(H,15,16)(H,18,19)/t7?,8?,9-,11?/m0/s1. The summed E-state index contributed by atoms with van der Waals surface area (Å²) in [6.07, 6.45) is 4.07. The maximum absolute atomic E-state index is 12.0. The van der Waals surface area contributed by atoms with Crippen LogP contribution in [0.3, 0.4) is 0 Å². The van der Waals surface area contributed by atoms with Gasteiger partial charge < -0.3 is 15.5 Å². The number of nitrogens with one attached hydrogen (secondary N) is 1. The first-order valence-corrected chi connectivity index (χ1v) is 6.75. The maximum Gasteiger partial charge on any atom is 0.326 e. The summed E-state index contributed by atoms with van der Waals surface area (Å²) in [4.78, 5) is 33.5. The van der Waals surface area contributed by atoms with Gasteiger partial charge >= 0.3 is 11.9 Å². The van der Waals surface area contributed by atoms with Crippen LogP contribution in [0, 0.1) is 17.8 Å². The topological polar surface area (TPSA) is 104 Å². The Labute approximate surface area is 111 Å². The Morgan fingerprint density at radius 3 is 2.16 bits per heavy atom. The van der Waals surface area contributed by atoms with Crippen LogP contribution < -0.4 is 5.32 Å². The molecule has 19 heavy (non-hydrogen) atoms. The van der Waals surface area contributed by atoms with Crippen LogP contribution in [0.15, 0.2) is 0 Å². The molecule has 0 aliphatic heterocycles. The number of carboxylic acid groups (broad SMARTS) is 2. The van der Waals surface area contributed by atoms with Crippen LogP contribution in [0.4, 0.5) is 0 Å². The number of rotatable bonds is 6. The first-order valence-electron chi connectivity index (χ1n) is 6.75. The molecule has 0 aromatic heterocycles. The zero-order chi connectivity index (χ0) is 14.0. The van der Waals surface area contributed by atoms with E-state index in [0.717, 1.165) is 25.7 Å². The van der Waals surface area contributed by atoms with Crippen molar-refractivity contribution in [2.24, 2.45) is 17.8 Å². The summed E-state index contributed by atoms with van der Waals surface area (Å²) < 4.78 is 0. The number of aliphatic carboxylic acids is 2. The minimum Gasteiger partial charge on any atom is -0.481 e. The van der Waals surface area contributed by atoms with Gasteiger partial charge in [-0.3, -0.25) is 9.59 Å². The highest BCUT2D eigenvalue weighted by atomic mass is 16.4. The molecule has 0 bridgehead atoms. The van der Waals surface area contributed by atoms with Gasteiger partial charge in [-0.1, -0.05) is 12.8 Å². The van der Waals surface area contributed by atoms with Gasteiger partial charge in [-0.05, 0) is 31.1 Å². The van der Waals surface area contributed by atoms with Gasteiger partial charge in [-0.2, -0.15) is 0 Å². The molecule has 0 saturated heterocycles. The Balaban J connectivity index is 1.85. The highest BCUT2D eigenvalue weighted by Crippen LogP contribution is 2.55. The lowest BCUT2D eigenvalue weighted by Crippen LogP contribution is -2.42. The van der Waals surface area contributed by atoms with Crippen molar-refractivity contribution >= 4 is 17.8 Å². The largest absolute Gasteiger partial charge is 0.481 e.